The summed E-state index contributed by atoms with van der Waals surface area (Å²) in [7, 11) is 1.83. The van der Waals surface area contributed by atoms with E-state index in [4.69, 9.17) is 5.73 Å². The number of pyridine rings is 1. The van der Waals surface area contributed by atoms with E-state index in [-0.39, 0.29) is 5.78 Å². The average molecular weight is 337 g/mol. The predicted octanol–water partition coefficient (Wildman–Crippen LogP) is 2.50. The van der Waals surface area contributed by atoms with Crippen molar-refractivity contribution in [1.82, 2.24) is 24.7 Å². The summed E-state index contributed by atoms with van der Waals surface area (Å²) in [4.78, 5) is 24.2. The van der Waals surface area contributed by atoms with E-state index in [1.807, 2.05) is 27.1 Å². The number of aryl methyl sites for hydroxylation is 2. The quantitative estimate of drug-likeness (QED) is 0.688. The minimum absolute atomic E-state index is 0.0215. The molecule has 0 unspecified atom stereocenters. The number of hydrogen-bond donors (Lipinski definition) is 2. The van der Waals surface area contributed by atoms with Crippen molar-refractivity contribution in [2.45, 2.75) is 20.3 Å². The summed E-state index contributed by atoms with van der Waals surface area (Å²) in [5.41, 5.74) is 9.97. The van der Waals surface area contributed by atoms with Gasteiger partial charge in [0.15, 0.2) is 5.78 Å². The maximum atomic E-state index is 11.8. The number of nitrogens with two attached hydrogens (primary N) is 1. The van der Waals surface area contributed by atoms with E-state index in [2.05, 4.69) is 25.4 Å². The van der Waals surface area contributed by atoms with Crippen molar-refractivity contribution in [1.29, 1.82) is 0 Å². The van der Waals surface area contributed by atoms with Crippen LogP contribution in [-0.2, 0) is 7.05 Å². The van der Waals surface area contributed by atoms with Crippen molar-refractivity contribution < 1.29 is 4.79 Å². The summed E-state index contributed by atoms with van der Waals surface area (Å²) in [5.74, 6) is 0.398. The molecule has 3 rings (SSSR count). The fourth-order valence-electron chi connectivity index (χ4n) is 2.44. The van der Waals surface area contributed by atoms with Crippen molar-refractivity contribution in [3.05, 3.63) is 42.1 Å². The van der Waals surface area contributed by atoms with Crippen molar-refractivity contribution >= 4 is 23.0 Å². The van der Waals surface area contributed by atoms with E-state index in [0.29, 0.717) is 29.3 Å². The molecule has 0 saturated carbocycles. The maximum Gasteiger partial charge on any atom is 0.180 e. The molecule has 0 aliphatic rings. The molecule has 0 aromatic carbocycles. The van der Waals surface area contributed by atoms with Gasteiger partial charge < -0.3 is 11.1 Å². The first-order valence-corrected chi connectivity index (χ1v) is 7.86. The Hall–Kier alpha value is -3.29. The van der Waals surface area contributed by atoms with Crippen LogP contribution in [0.1, 0.15) is 29.4 Å². The van der Waals surface area contributed by atoms with Gasteiger partial charge in [-0.2, -0.15) is 5.10 Å². The number of anilines is 3. The number of hydrogen-bond acceptors (Lipinski definition) is 7. The first kappa shape index (κ1) is 16.6. The monoisotopic (exact) mass is 337 g/mol. The highest BCUT2D eigenvalue weighted by atomic mass is 16.1. The molecule has 0 amide bonds. The van der Waals surface area contributed by atoms with Crippen LogP contribution in [0.15, 0.2) is 30.9 Å². The molecule has 0 spiro atoms. The fraction of sp³-hybridized carbons (Fsp3) is 0.235. The zero-order valence-corrected chi connectivity index (χ0v) is 14.3. The van der Waals surface area contributed by atoms with E-state index >= 15 is 0 Å². The van der Waals surface area contributed by atoms with Gasteiger partial charge in [0.05, 0.1) is 23.3 Å². The van der Waals surface area contributed by atoms with Crippen molar-refractivity contribution in [3.8, 4) is 11.4 Å². The Morgan fingerprint density at radius 1 is 1.24 bits per heavy atom. The molecular weight excluding hydrogens is 318 g/mol. The lowest BCUT2D eigenvalue weighted by Gasteiger charge is -2.10. The van der Waals surface area contributed by atoms with Crippen LogP contribution in [0.3, 0.4) is 0 Å². The molecule has 0 aliphatic heterocycles. The van der Waals surface area contributed by atoms with Gasteiger partial charge in [-0.25, -0.2) is 9.97 Å². The second-order valence-corrected chi connectivity index (χ2v) is 5.68. The third-order valence-electron chi connectivity index (χ3n) is 3.75. The SMILES string of the molecule is CCC(=O)c1cc(C)c(Nc2cn(C)nc2-c2cc(N)ncn2)cn1. The maximum absolute atomic E-state index is 11.8. The molecule has 128 valence electrons. The largest absolute Gasteiger partial charge is 0.384 e. The Bertz CT molecular complexity index is 932. The lowest BCUT2D eigenvalue weighted by atomic mass is 10.1. The number of carbonyl (C=O) groups excluding carboxylic acids is 1. The minimum atomic E-state index is 0.0215. The molecule has 0 radical (unpaired) electrons. The van der Waals surface area contributed by atoms with E-state index in [1.54, 1.807) is 23.0 Å². The third kappa shape index (κ3) is 3.47. The molecule has 0 saturated heterocycles. The average Bonchev–Trinajstić information content (AvgIpc) is 2.96. The summed E-state index contributed by atoms with van der Waals surface area (Å²) in [6.45, 7) is 3.75. The second-order valence-electron chi connectivity index (χ2n) is 5.68. The molecule has 0 aliphatic carbocycles. The Kier molecular flexibility index (Phi) is 4.42. The molecule has 3 aromatic rings. The summed E-state index contributed by atoms with van der Waals surface area (Å²) < 4.78 is 1.69. The van der Waals surface area contributed by atoms with Gasteiger partial charge in [-0.3, -0.25) is 14.5 Å². The van der Waals surface area contributed by atoms with E-state index < -0.39 is 0 Å². The fourth-order valence-corrected chi connectivity index (χ4v) is 2.44. The highest BCUT2D eigenvalue weighted by molar-refractivity contribution is 5.94. The number of aromatic nitrogens is 5. The summed E-state index contributed by atoms with van der Waals surface area (Å²) >= 11 is 0. The van der Waals surface area contributed by atoms with Gasteiger partial charge in [0, 0.05) is 25.7 Å². The Labute approximate surface area is 145 Å². The van der Waals surface area contributed by atoms with Crippen LogP contribution >= 0.6 is 0 Å². The topological polar surface area (TPSA) is 112 Å². The van der Waals surface area contributed by atoms with Gasteiger partial charge in [-0.1, -0.05) is 6.92 Å². The first-order valence-electron chi connectivity index (χ1n) is 7.86. The van der Waals surface area contributed by atoms with Gasteiger partial charge >= 0.3 is 0 Å². The third-order valence-corrected chi connectivity index (χ3v) is 3.75. The normalized spacial score (nSPS) is 10.7. The molecule has 25 heavy (non-hydrogen) atoms. The zero-order valence-electron chi connectivity index (χ0n) is 14.3. The Balaban J connectivity index is 1.95. The van der Waals surface area contributed by atoms with Crippen LogP contribution in [0.5, 0.6) is 0 Å². The number of ketones is 1. The summed E-state index contributed by atoms with van der Waals surface area (Å²) in [6, 6.07) is 3.45. The lowest BCUT2D eigenvalue weighted by molar-refractivity contribution is 0.0983. The van der Waals surface area contributed by atoms with Crippen LogP contribution in [0.25, 0.3) is 11.4 Å². The zero-order chi connectivity index (χ0) is 18.0. The highest BCUT2D eigenvalue weighted by Gasteiger charge is 2.14. The van der Waals surface area contributed by atoms with Gasteiger partial charge in [0.25, 0.3) is 0 Å². The molecule has 8 heteroatoms. The molecule has 3 aromatic heterocycles. The smallest absolute Gasteiger partial charge is 0.180 e. The molecule has 0 bridgehead atoms. The first-order chi connectivity index (χ1) is 12.0. The summed E-state index contributed by atoms with van der Waals surface area (Å²) in [5, 5.41) is 7.75. The van der Waals surface area contributed by atoms with Crippen LogP contribution < -0.4 is 11.1 Å². The van der Waals surface area contributed by atoms with Crippen LogP contribution in [0.2, 0.25) is 0 Å². The predicted molar refractivity (Wildman–Crippen MR) is 95.5 cm³/mol. The van der Waals surface area contributed by atoms with Crippen molar-refractivity contribution in [2.75, 3.05) is 11.1 Å². The number of Topliss-reactive ketones (excluding diaryl/α,β-unsaturated/α-hetero) is 1. The van der Waals surface area contributed by atoms with E-state index in [0.717, 1.165) is 16.9 Å². The van der Waals surface area contributed by atoms with Gasteiger partial charge in [-0.05, 0) is 18.6 Å². The number of nitrogens with one attached hydrogen (secondary N) is 1. The Morgan fingerprint density at radius 3 is 2.72 bits per heavy atom. The van der Waals surface area contributed by atoms with Crippen molar-refractivity contribution in [2.24, 2.45) is 7.05 Å². The van der Waals surface area contributed by atoms with Crippen LogP contribution in [0, 0.1) is 6.92 Å². The number of nitrogen functional groups attached to an aromatic ring is 1. The van der Waals surface area contributed by atoms with Gasteiger partial charge in [0.2, 0.25) is 0 Å². The molecule has 3 heterocycles. The number of carbonyl (C=O) groups is 1. The molecule has 3 N–H and O–H groups in total. The van der Waals surface area contributed by atoms with Crippen LogP contribution in [-0.4, -0.2) is 30.5 Å². The van der Waals surface area contributed by atoms with Gasteiger partial charge in [-0.15, -0.1) is 0 Å². The summed E-state index contributed by atoms with van der Waals surface area (Å²) in [6.07, 6.45) is 5.34. The number of rotatable bonds is 5. The number of nitrogens with zero attached hydrogens (tertiary/aromatic N) is 5. The molecule has 0 fully saturated rings. The molecule has 8 nitrogen and oxygen atoms in total. The second kappa shape index (κ2) is 6.68. The molecule has 0 atom stereocenters. The van der Waals surface area contributed by atoms with E-state index in [1.165, 1.54) is 6.33 Å². The molecular formula is C17H19N7O. The minimum Gasteiger partial charge on any atom is -0.384 e. The van der Waals surface area contributed by atoms with E-state index in [9.17, 15) is 4.79 Å². The lowest BCUT2D eigenvalue weighted by Crippen LogP contribution is -2.03. The van der Waals surface area contributed by atoms with Gasteiger partial charge in [0.1, 0.15) is 23.5 Å². The highest BCUT2D eigenvalue weighted by Crippen LogP contribution is 2.29. The van der Waals surface area contributed by atoms with Crippen molar-refractivity contribution in [3.63, 3.8) is 0 Å². The van der Waals surface area contributed by atoms with Crippen LogP contribution in [0.4, 0.5) is 17.2 Å². The standard InChI is InChI=1S/C17H19N7O/c1-4-15(25)11-5-10(2)13(7-19-11)22-14-8-24(3)23-17(14)12-6-16(18)21-9-20-12/h5-9,22H,4H2,1-3H3,(H2,18,20,21). The Morgan fingerprint density at radius 2 is 2.04 bits per heavy atom.